The number of hydrogen-bond donors (Lipinski definition) is 1. The van der Waals surface area contributed by atoms with Crippen molar-refractivity contribution in [3.8, 4) is 6.07 Å². The molecule has 1 unspecified atom stereocenters. The second-order valence-corrected chi connectivity index (χ2v) is 6.51. The molecule has 0 aromatic heterocycles. The summed E-state index contributed by atoms with van der Waals surface area (Å²) in [4.78, 5) is 0.0846. The summed E-state index contributed by atoms with van der Waals surface area (Å²) in [6.45, 7) is 3.84. The van der Waals surface area contributed by atoms with Gasteiger partial charge in [0.2, 0.25) is 10.0 Å². The van der Waals surface area contributed by atoms with Gasteiger partial charge in [-0.05, 0) is 25.1 Å². The predicted molar refractivity (Wildman–Crippen MR) is 75.1 cm³/mol. The molecule has 0 radical (unpaired) electrons. The van der Waals surface area contributed by atoms with Crippen LogP contribution >= 0.6 is 11.6 Å². The summed E-state index contributed by atoms with van der Waals surface area (Å²) in [6.07, 6.45) is 0. The number of nitrogens with zero attached hydrogens (tertiary/aromatic N) is 2. The van der Waals surface area contributed by atoms with Crippen molar-refractivity contribution in [2.24, 2.45) is 5.92 Å². The Balaban J connectivity index is 3.14. The summed E-state index contributed by atoms with van der Waals surface area (Å²) in [5.41, 5.74) is 5.83. The fourth-order valence-electron chi connectivity index (χ4n) is 1.57. The van der Waals surface area contributed by atoms with Crippen LogP contribution < -0.4 is 5.73 Å². The van der Waals surface area contributed by atoms with Crippen LogP contribution in [0.25, 0.3) is 0 Å². The Hall–Kier alpha value is -1.29. The Kier molecular flexibility index (Phi) is 5.18. The topological polar surface area (TPSA) is 87.2 Å². The molecular formula is C12H16ClN3O2S. The van der Waals surface area contributed by atoms with Crippen LogP contribution in [0.2, 0.25) is 5.02 Å². The third kappa shape index (κ3) is 3.60. The van der Waals surface area contributed by atoms with Crippen LogP contribution in [0, 0.1) is 17.2 Å². The Morgan fingerprint density at radius 2 is 2.16 bits per heavy atom. The van der Waals surface area contributed by atoms with Gasteiger partial charge in [0, 0.05) is 13.1 Å². The molecule has 0 amide bonds. The van der Waals surface area contributed by atoms with E-state index >= 15 is 0 Å². The van der Waals surface area contributed by atoms with Gasteiger partial charge in [0.15, 0.2) is 0 Å². The van der Waals surface area contributed by atoms with E-state index in [1.807, 2.05) is 6.07 Å². The first-order chi connectivity index (χ1) is 8.82. The van der Waals surface area contributed by atoms with Gasteiger partial charge in [-0.25, -0.2) is 8.42 Å². The van der Waals surface area contributed by atoms with Crippen LogP contribution in [0.1, 0.15) is 13.8 Å². The second-order valence-electron chi connectivity index (χ2n) is 4.17. The van der Waals surface area contributed by atoms with Crippen LogP contribution in [0.4, 0.5) is 5.69 Å². The van der Waals surface area contributed by atoms with E-state index in [9.17, 15) is 8.42 Å². The zero-order valence-corrected chi connectivity index (χ0v) is 12.4. The van der Waals surface area contributed by atoms with Gasteiger partial charge in [0.25, 0.3) is 0 Å². The molecular weight excluding hydrogens is 286 g/mol. The number of sulfonamides is 1. The van der Waals surface area contributed by atoms with E-state index in [2.05, 4.69) is 0 Å². The smallest absolute Gasteiger partial charge is 0.243 e. The first-order valence-electron chi connectivity index (χ1n) is 5.77. The highest BCUT2D eigenvalue weighted by Crippen LogP contribution is 2.24. The zero-order chi connectivity index (χ0) is 14.6. The van der Waals surface area contributed by atoms with Crippen LogP contribution in [0.3, 0.4) is 0 Å². The number of nitriles is 1. The quantitative estimate of drug-likeness (QED) is 0.844. The van der Waals surface area contributed by atoms with Crippen molar-refractivity contribution in [2.45, 2.75) is 18.7 Å². The number of rotatable bonds is 5. The maximum Gasteiger partial charge on any atom is 0.243 e. The molecule has 0 heterocycles. The van der Waals surface area contributed by atoms with Gasteiger partial charge in [-0.3, -0.25) is 0 Å². The molecule has 0 aliphatic carbocycles. The summed E-state index contributed by atoms with van der Waals surface area (Å²) in [6, 6.07) is 6.21. The van der Waals surface area contributed by atoms with Gasteiger partial charge >= 0.3 is 0 Å². The number of anilines is 1. The highest BCUT2D eigenvalue weighted by atomic mass is 35.5. The SMILES string of the molecule is CCN(CC(C)C#N)S(=O)(=O)c1ccc(Cl)c(N)c1. The summed E-state index contributed by atoms with van der Waals surface area (Å²) < 4.78 is 26.0. The lowest BCUT2D eigenvalue weighted by Crippen LogP contribution is -2.34. The molecule has 0 aliphatic rings. The van der Waals surface area contributed by atoms with Gasteiger partial charge in [0.1, 0.15) is 0 Å². The van der Waals surface area contributed by atoms with Gasteiger partial charge in [-0.2, -0.15) is 9.57 Å². The number of halogens is 1. The Morgan fingerprint density at radius 1 is 1.53 bits per heavy atom. The molecule has 2 N–H and O–H groups in total. The van der Waals surface area contributed by atoms with Crippen LogP contribution in [-0.2, 0) is 10.0 Å². The number of hydrogen-bond acceptors (Lipinski definition) is 4. The van der Waals surface area contributed by atoms with E-state index in [0.717, 1.165) is 0 Å². The minimum Gasteiger partial charge on any atom is -0.397 e. The first-order valence-corrected chi connectivity index (χ1v) is 7.59. The highest BCUT2D eigenvalue weighted by Gasteiger charge is 2.25. The normalized spacial score (nSPS) is 13.2. The van der Waals surface area contributed by atoms with Crippen molar-refractivity contribution in [2.75, 3.05) is 18.8 Å². The lowest BCUT2D eigenvalue weighted by atomic mass is 10.2. The molecule has 104 valence electrons. The first kappa shape index (κ1) is 15.8. The molecule has 1 rings (SSSR count). The van der Waals surface area contributed by atoms with Gasteiger partial charge in [-0.1, -0.05) is 18.5 Å². The van der Waals surface area contributed by atoms with E-state index in [1.165, 1.54) is 22.5 Å². The standard InChI is InChI=1S/C12H16ClN3O2S/c1-3-16(8-9(2)7-14)19(17,18)10-4-5-11(13)12(15)6-10/h4-6,9H,3,8,15H2,1-2H3. The fourth-order valence-corrected chi connectivity index (χ4v) is 3.27. The molecule has 1 aromatic carbocycles. The minimum atomic E-state index is -3.65. The molecule has 1 aromatic rings. The lowest BCUT2D eigenvalue weighted by molar-refractivity contribution is 0.400. The van der Waals surface area contributed by atoms with E-state index < -0.39 is 10.0 Å². The summed E-state index contributed by atoms with van der Waals surface area (Å²) >= 11 is 5.77. The minimum absolute atomic E-state index is 0.0846. The molecule has 5 nitrogen and oxygen atoms in total. The van der Waals surface area contributed by atoms with Crippen molar-refractivity contribution >= 4 is 27.3 Å². The maximum absolute atomic E-state index is 12.4. The predicted octanol–water partition coefficient (Wildman–Crippen LogP) is 2.09. The van der Waals surface area contributed by atoms with Crippen molar-refractivity contribution < 1.29 is 8.42 Å². The van der Waals surface area contributed by atoms with Gasteiger partial charge < -0.3 is 5.73 Å². The van der Waals surface area contributed by atoms with Crippen molar-refractivity contribution in [3.63, 3.8) is 0 Å². The third-order valence-electron chi connectivity index (χ3n) is 2.66. The lowest BCUT2D eigenvalue weighted by Gasteiger charge is -2.21. The Bertz CT molecular complexity index is 595. The highest BCUT2D eigenvalue weighted by molar-refractivity contribution is 7.89. The van der Waals surface area contributed by atoms with Crippen LogP contribution in [-0.4, -0.2) is 25.8 Å². The summed E-state index contributed by atoms with van der Waals surface area (Å²) in [7, 11) is -3.65. The van der Waals surface area contributed by atoms with E-state index in [-0.39, 0.29) is 29.6 Å². The van der Waals surface area contributed by atoms with Crippen molar-refractivity contribution in [3.05, 3.63) is 23.2 Å². The Labute approximate surface area is 118 Å². The number of nitrogens with two attached hydrogens (primary N) is 1. The van der Waals surface area contributed by atoms with Gasteiger partial charge in [-0.15, -0.1) is 0 Å². The van der Waals surface area contributed by atoms with E-state index in [4.69, 9.17) is 22.6 Å². The third-order valence-corrected chi connectivity index (χ3v) is 4.94. The van der Waals surface area contributed by atoms with E-state index in [0.29, 0.717) is 5.02 Å². The average molecular weight is 302 g/mol. The average Bonchev–Trinajstić information content (AvgIpc) is 2.38. The molecule has 0 saturated carbocycles. The van der Waals surface area contributed by atoms with Crippen LogP contribution in [0.5, 0.6) is 0 Å². The fraction of sp³-hybridized carbons (Fsp3) is 0.417. The molecule has 0 bridgehead atoms. The molecule has 0 spiro atoms. The van der Waals surface area contributed by atoms with E-state index in [1.54, 1.807) is 13.8 Å². The number of nitrogen functional groups attached to an aromatic ring is 1. The second kappa shape index (κ2) is 6.24. The van der Waals surface area contributed by atoms with Crippen molar-refractivity contribution in [1.29, 1.82) is 5.26 Å². The maximum atomic E-state index is 12.4. The molecule has 19 heavy (non-hydrogen) atoms. The largest absolute Gasteiger partial charge is 0.397 e. The molecule has 0 fully saturated rings. The summed E-state index contributed by atoms with van der Waals surface area (Å²) in [5, 5.41) is 9.10. The molecule has 1 atom stereocenters. The van der Waals surface area contributed by atoms with Gasteiger partial charge in [0.05, 0.1) is 27.6 Å². The van der Waals surface area contributed by atoms with Crippen molar-refractivity contribution in [1.82, 2.24) is 4.31 Å². The summed E-state index contributed by atoms with van der Waals surface area (Å²) in [5.74, 6) is -0.376. The molecule has 0 saturated heterocycles. The zero-order valence-electron chi connectivity index (χ0n) is 10.8. The Morgan fingerprint density at radius 3 is 2.63 bits per heavy atom. The number of benzene rings is 1. The monoisotopic (exact) mass is 301 g/mol. The molecule has 0 aliphatic heterocycles. The molecule has 7 heteroatoms. The van der Waals surface area contributed by atoms with Crippen LogP contribution in [0.15, 0.2) is 23.1 Å².